The van der Waals surface area contributed by atoms with Gasteiger partial charge in [0.15, 0.2) is 0 Å². The summed E-state index contributed by atoms with van der Waals surface area (Å²) in [5.41, 5.74) is 2.00. The van der Waals surface area contributed by atoms with Crippen LogP contribution < -0.4 is 0 Å². The van der Waals surface area contributed by atoms with Gasteiger partial charge in [0.2, 0.25) is 0 Å². The quantitative estimate of drug-likeness (QED) is 0.651. The van der Waals surface area contributed by atoms with Crippen molar-refractivity contribution in [2.24, 2.45) is 0 Å². The Morgan fingerprint density at radius 1 is 1.38 bits per heavy atom. The van der Waals surface area contributed by atoms with Gasteiger partial charge in [0.05, 0.1) is 0 Å². The summed E-state index contributed by atoms with van der Waals surface area (Å²) in [6, 6.07) is 8.86. The smallest absolute Gasteiger partial charge is 0.0110 e. The minimum atomic E-state index is 0.432. The second-order valence-corrected chi connectivity index (χ2v) is 5.15. The van der Waals surface area contributed by atoms with Crippen LogP contribution in [0.25, 0.3) is 0 Å². The Bertz CT molecular complexity index is 306. The van der Waals surface area contributed by atoms with Crippen LogP contribution in [-0.2, 0) is 5.41 Å². The highest BCUT2D eigenvalue weighted by Crippen LogP contribution is 2.43. The van der Waals surface area contributed by atoms with Crippen molar-refractivity contribution in [2.45, 2.75) is 37.0 Å². The Kier molecular flexibility index (Phi) is 2.37. The van der Waals surface area contributed by atoms with Gasteiger partial charge in [-0.25, -0.2) is 0 Å². The third-order valence-electron chi connectivity index (χ3n) is 3.23. The maximum absolute atomic E-state index is 2.39. The molecule has 0 bridgehead atoms. The molecule has 1 heteroatoms. The largest absolute Gasteiger partial charge is 0.126 e. The van der Waals surface area contributed by atoms with Crippen LogP contribution in [0.4, 0.5) is 0 Å². The normalized spacial score (nSPS) is 26.9. The summed E-state index contributed by atoms with van der Waals surface area (Å²) in [4.78, 5) is 1.50. The Morgan fingerprint density at radius 2 is 2.15 bits per heavy atom. The number of hydrogen-bond acceptors (Lipinski definition) is 1. The fourth-order valence-corrected chi connectivity index (χ4v) is 3.40. The highest BCUT2D eigenvalue weighted by Gasteiger charge is 2.29. The van der Waals surface area contributed by atoms with Crippen molar-refractivity contribution < 1.29 is 0 Å². The Balaban J connectivity index is 2.48. The van der Waals surface area contributed by atoms with Crippen LogP contribution in [0.2, 0.25) is 0 Å². The van der Waals surface area contributed by atoms with Crippen molar-refractivity contribution in [2.75, 3.05) is 5.75 Å². The monoisotopic (exact) mass is 192 g/mol. The van der Waals surface area contributed by atoms with Crippen LogP contribution in [0.15, 0.2) is 29.2 Å². The molecule has 1 aliphatic heterocycles. The van der Waals surface area contributed by atoms with E-state index in [9.17, 15) is 0 Å². The Morgan fingerprint density at radius 3 is 2.92 bits per heavy atom. The topological polar surface area (TPSA) is 0 Å². The fourth-order valence-electron chi connectivity index (χ4n) is 1.98. The fraction of sp³-hybridized carbons (Fsp3) is 0.500. The predicted octanol–water partition coefficient (Wildman–Crippen LogP) is 3.85. The molecule has 0 aromatic heterocycles. The van der Waals surface area contributed by atoms with E-state index >= 15 is 0 Å². The molecule has 0 radical (unpaired) electrons. The van der Waals surface area contributed by atoms with Gasteiger partial charge in [-0.1, -0.05) is 32.0 Å². The molecule has 70 valence electrons. The first kappa shape index (κ1) is 9.14. The third kappa shape index (κ3) is 1.50. The predicted molar refractivity (Wildman–Crippen MR) is 59.4 cm³/mol. The zero-order valence-electron chi connectivity index (χ0n) is 8.34. The van der Waals surface area contributed by atoms with E-state index in [1.807, 2.05) is 11.8 Å². The summed E-state index contributed by atoms with van der Waals surface area (Å²) in [5, 5.41) is 0. The first-order valence-corrected chi connectivity index (χ1v) is 5.97. The molecule has 1 unspecified atom stereocenters. The molecule has 0 spiro atoms. The van der Waals surface area contributed by atoms with E-state index in [0.29, 0.717) is 5.41 Å². The zero-order valence-corrected chi connectivity index (χ0v) is 9.16. The number of thioether (sulfide) groups is 1. The van der Waals surface area contributed by atoms with Crippen LogP contribution in [0, 0.1) is 0 Å². The molecule has 0 N–H and O–H groups in total. The van der Waals surface area contributed by atoms with Crippen molar-refractivity contribution >= 4 is 11.8 Å². The van der Waals surface area contributed by atoms with Crippen LogP contribution in [0.3, 0.4) is 0 Å². The van der Waals surface area contributed by atoms with E-state index in [1.54, 1.807) is 5.56 Å². The van der Waals surface area contributed by atoms with Crippen LogP contribution in [0.1, 0.15) is 32.3 Å². The van der Waals surface area contributed by atoms with Gasteiger partial charge >= 0.3 is 0 Å². The lowest BCUT2D eigenvalue weighted by Gasteiger charge is -2.34. The lowest BCUT2D eigenvalue weighted by molar-refractivity contribution is 0.429. The summed E-state index contributed by atoms with van der Waals surface area (Å²) in [7, 11) is 0. The minimum absolute atomic E-state index is 0.432. The van der Waals surface area contributed by atoms with Gasteiger partial charge in [-0.3, -0.25) is 0 Å². The van der Waals surface area contributed by atoms with E-state index in [4.69, 9.17) is 0 Å². The summed E-state index contributed by atoms with van der Waals surface area (Å²) >= 11 is 2.01. The van der Waals surface area contributed by atoms with Gasteiger partial charge < -0.3 is 0 Å². The van der Waals surface area contributed by atoms with Crippen molar-refractivity contribution in [1.29, 1.82) is 0 Å². The average molecular weight is 192 g/mol. The molecular weight excluding hydrogens is 176 g/mol. The summed E-state index contributed by atoms with van der Waals surface area (Å²) in [6.07, 6.45) is 2.58. The molecule has 1 aromatic rings. The third-order valence-corrected chi connectivity index (χ3v) is 4.30. The minimum Gasteiger partial charge on any atom is -0.126 e. The van der Waals surface area contributed by atoms with Crippen LogP contribution in [-0.4, -0.2) is 5.75 Å². The summed E-state index contributed by atoms with van der Waals surface area (Å²) in [5.74, 6) is 1.28. The van der Waals surface area contributed by atoms with E-state index in [-0.39, 0.29) is 0 Å². The highest BCUT2D eigenvalue weighted by atomic mass is 32.2. The van der Waals surface area contributed by atoms with Gasteiger partial charge in [0.25, 0.3) is 0 Å². The van der Waals surface area contributed by atoms with Gasteiger partial charge in [-0.15, -0.1) is 11.8 Å². The maximum Gasteiger partial charge on any atom is 0.0110 e. The molecule has 1 heterocycles. The van der Waals surface area contributed by atoms with Crippen LogP contribution in [0.5, 0.6) is 0 Å². The molecule has 1 atom stereocenters. The van der Waals surface area contributed by atoms with E-state index < -0.39 is 0 Å². The lowest BCUT2D eigenvalue weighted by atomic mass is 9.77. The van der Waals surface area contributed by atoms with Gasteiger partial charge in [0, 0.05) is 4.90 Å². The second kappa shape index (κ2) is 3.38. The Hall–Kier alpha value is -0.430. The van der Waals surface area contributed by atoms with Crippen molar-refractivity contribution in [3.63, 3.8) is 0 Å². The molecule has 0 nitrogen and oxygen atoms in total. The number of benzene rings is 1. The maximum atomic E-state index is 2.39. The number of rotatable bonds is 1. The molecule has 1 aliphatic rings. The molecule has 0 fully saturated rings. The SMILES string of the molecule is CCC1(C)CCSc2ccccc21. The summed E-state index contributed by atoms with van der Waals surface area (Å²) in [6.45, 7) is 4.69. The summed E-state index contributed by atoms with van der Waals surface area (Å²) < 4.78 is 0. The number of hydrogen-bond donors (Lipinski definition) is 0. The molecule has 0 amide bonds. The second-order valence-electron chi connectivity index (χ2n) is 4.01. The van der Waals surface area contributed by atoms with Crippen LogP contribution >= 0.6 is 11.8 Å². The first-order chi connectivity index (χ1) is 6.26. The molecule has 13 heavy (non-hydrogen) atoms. The van der Waals surface area contributed by atoms with E-state index in [1.165, 1.54) is 23.5 Å². The zero-order chi connectivity index (χ0) is 9.31. The van der Waals surface area contributed by atoms with Gasteiger partial charge in [-0.2, -0.15) is 0 Å². The average Bonchev–Trinajstić information content (AvgIpc) is 2.19. The molecular formula is C12H16S. The standard InChI is InChI=1S/C12H16S/c1-3-12(2)8-9-13-11-7-5-4-6-10(11)12/h4-7H,3,8-9H2,1-2H3. The highest BCUT2D eigenvalue weighted by molar-refractivity contribution is 7.99. The molecule has 2 rings (SSSR count). The van der Waals surface area contributed by atoms with Gasteiger partial charge in [0.1, 0.15) is 0 Å². The van der Waals surface area contributed by atoms with Crippen molar-refractivity contribution in [3.05, 3.63) is 29.8 Å². The molecule has 0 saturated heterocycles. The lowest BCUT2D eigenvalue weighted by Crippen LogP contribution is -2.25. The number of fused-ring (bicyclic) bond motifs is 1. The van der Waals surface area contributed by atoms with Gasteiger partial charge in [-0.05, 0) is 35.6 Å². The molecule has 0 saturated carbocycles. The Labute approximate surface area is 84.7 Å². The molecule has 0 aliphatic carbocycles. The molecule has 1 aromatic carbocycles. The van der Waals surface area contributed by atoms with Crippen molar-refractivity contribution in [3.8, 4) is 0 Å². The van der Waals surface area contributed by atoms with Crippen molar-refractivity contribution in [1.82, 2.24) is 0 Å². The van der Waals surface area contributed by atoms with E-state index in [2.05, 4.69) is 38.1 Å². The van der Waals surface area contributed by atoms with E-state index in [0.717, 1.165) is 0 Å². The first-order valence-electron chi connectivity index (χ1n) is 4.98.